The molecule has 2 fully saturated rings. The van der Waals surface area contributed by atoms with Gasteiger partial charge in [-0.05, 0) is 57.2 Å². The van der Waals surface area contributed by atoms with Gasteiger partial charge in [-0.25, -0.2) is 0 Å². The fourth-order valence-electron chi connectivity index (χ4n) is 3.29. The number of nitrogens with zero attached hydrogens (tertiary/aromatic N) is 2. The summed E-state index contributed by atoms with van der Waals surface area (Å²) in [6.07, 6.45) is 6.40. The molecule has 1 unspecified atom stereocenters. The molecule has 2 rings (SSSR count). The number of likely N-dealkylation sites (N-methyl/N-ethyl adjacent to an activating group) is 1. The van der Waals surface area contributed by atoms with Gasteiger partial charge >= 0.3 is 0 Å². The predicted octanol–water partition coefficient (Wildman–Crippen LogP) is 2.39. The van der Waals surface area contributed by atoms with Gasteiger partial charge in [0, 0.05) is 6.54 Å². The zero-order chi connectivity index (χ0) is 13.0. The summed E-state index contributed by atoms with van der Waals surface area (Å²) in [6.45, 7) is 8.59. The first kappa shape index (κ1) is 13.8. The first-order valence-electron chi connectivity index (χ1n) is 7.62. The third-order valence-corrected chi connectivity index (χ3v) is 4.72. The highest BCUT2D eigenvalue weighted by Gasteiger charge is 2.46. The molecule has 0 amide bonds. The molecule has 0 bridgehead atoms. The van der Waals surface area contributed by atoms with Gasteiger partial charge in [0.25, 0.3) is 0 Å². The summed E-state index contributed by atoms with van der Waals surface area (Å²) >= 11 is 0. The molecule has 3 heteroatoms. The van der Waals surface area contributed by atoms with E-state index in [2.05, 4.69) is 30.1 Å². The Morgan fingerprint density at radius 3 is 2.33 bits per heavy atom. The Kier molecular flexibility index (Phi) is 4.64. The normalized spacial score (nSPS) is 25.6. The Labute approximate surface area is 112 Å². The van der Waals surface area contributed by atoms with Crippen LogP contribution in [0.1, 0.15) is 46.0 Å². The number of hydrogen-bond donors (Lipinski definition) is 1. The first-order chi connectivity index (χ1) is 8.74. The highest BCUT2D eigenvalue weighted by Crippen LogP contribution is 2.40. The van der Waals surface area contributed by atoms with Crippen molar-refractivity contribution >= 4 is 0 Å². The zero-order valence-electron chi connectivity index (χ0n) is 11.9. The van der Waals surface area contributed by atoms with Crippen molar-refractivity contribution in [2.24, 2.45) is 11.8 Å². The van der Waals surface area contributed by atoms with E-state index in [-0.39, 0.29) is 5.54 Å². The minimum atomic E-state index is -0.270. The van der Waals surface area contributed by atoms with Crippen LogP contribution in [0.3, 0.4) is 0 Å². The van der Waals surface area contributed by atoms with E-state index >= 15 is 0 Å². The summed E-state index contributed by atoms with van der Waals surface area (Å²) in [6, 6.07) is 2.60. The quantitative estimate of drug-likeness (QED) is 0.785. The fourth-order valence-corrected chi connectivity index (χ4v) is 3.29. The average molecular weight is 249 g/mol. The van der Waals surface area contributed by atoms with Crippen LogP contribution in [0.25, 0.3) is 0 Å². The van der Waals surface area contributed by atoms with Crippen molar-refractivity contribution in [3.63, 3.8) is 0 Å². The van der Waals surface area contributed by atoms with Crippen LogP contribution < -0.4 is 5.32 Å². The minimum absolute atomic E-state index is 0.270. The van der Waals surface area contributed by atoms with Crippen LogP contribution >= 0.6 is 0 Å². The predicted molar refractivity (Wildman–Crippen MR) is 74.2 cm³/mol. The van der Waals surface area contributed by atoms with Gasteiger partial charge in [0.15, 0.2) is 0 Å². The highest BCUT2D eigenvalue weighted by molar-refractivity contribution is 5.16. The Balaban J connectivity index is 1.91. The summed E-state index contributed by atoms with van der Waals surface area (Å²) in [5.41, 5.74) is -0.270. The number of nitrogens with one attached hydrogen (secondary N) is 1. The molecule has 0 aromatic rings. The molecule has 102 valence electrons. The van der Waals surface area contributed by atoms with E-state index in [0.29, 0.717) is 5.92 Å². The Morgan fingerprint density at radius 2 is 1.89 bits per heavy atom. The molecular formula is C15H27N3. The second-order valence-corrected chi connectivity index (χ2v) is 6.02. The molecule has 1 saturated heterocycles. The number of piperidine rings is 1. The van der Waals surface area contributed by atoms with E-state index in [1.807, 2.05) is 0 Å². The molecule has 1 N–H and O–H groups in total. The van der Waals surface area contributed by atoms with Crippen LogP contribution in [-0.4, -0.2) is 36.6 Å². The highest BCUT2D eigenvalue weighted by atomic mass is 15.2. The molecule has 3 nitrogen and oxygen atoms in total. The van der Waals surface area contributed by atoms with Gasteiger partial charge in [0.05, 0.1) is 6.07 Å². The third-order valence-electron chi connectivity index (χ3n) is 4.72. The number of likely N-dealkylation sites (tertiary alicyclic amines) is 1. The lowest BCUT2D eigenvalue weighted by Gasteiger charge is -2.38. The van der Waals surface area contributed by atoms with Crippen molar-refractivity contribution in [2.45, 2.75) is 51.5 Å². The van der Waals surface area contributed by atoms with Crippen LogP contribution in [0.5, 0.6) is 0 Å². The molecule has 0 radical (unpaired) electrons. The Morgan fingerprint density at radius 1 is 1.22 bits per heavy atom. The molecule has 1 aliphatic heterocycles. The van der Waals surface area contributed by atoms with Gasteiger partial charge in [-0.2, -0.15) is 5.26 Å². The van der Waals surface area contributed by atoms with Gasteiger partial charge in [-0.15, -0.1) is 0 Å². The van der Waals surface area contributed by atoms with Crippen molar-refractivity contribution < 1.29 is 0 Å². The van der Waals surface area contributed by atoms with E-state index in [4.69, 9.17) is 0 Å². The summed E-state index contributed by atoms with van der Waals surface area (Å²) in [4.78, 5) is 2.51. The van der Waals surface area contributed by atoms with Crippen molar-refractivity contribution in [1.29, 1.82) is 5.26 Å². The van der Waals surface area contributed by atoms with Crippen LogP contribution in [0.2, 0.25) is 0 Å². The van der Waals surface area contributed by atoms with Crippen molar-refractivity contribution in [3.8, 4) is 6.07 Å². The summed E-state index contributed by atoms with van der Waals surface area (Å²) in [5.74, 6) is 1.50. The fraction of sp³-hybridized carbons (Fsp3) is 0.933. The van der Waals surface area contributed by atoms with E-state index in [9.17, 15) is 5.26 Å². The molecule has 1 saturated carbocycles. The molecule has 1 aliphatic carbocycles. The van der Waals surface area contributed by atoms with E-state index in [0.717, 1.165) is 19.0 Å². The molecule has 2 aliphatic rings. The van der Waals surface area contributed by atoms with Gasteiger partial charge in [-0.3, -0.25) is 5.32 Å². The van der Waals surface area contributed by atoms with Crippen LogP contribution in [0.4, 0.5) is 0 Å². The maximum absolute atomic E-state index is 9.61. The standard InChI is InChI=1S/C15H27N3/c1-3-13-7-9-18(10-8-13)12-15(11-16,17-4-2)14-5-6-14/h13-14,17H,3-10,12H2,1-2H3. The van der Waals surface area contributed by atoms with Crippen molar-refractivity contribution in [1.82, 2.24) is 10.2 Å². The van der Waals surface area contributed by atoms with Gasteiger partial charge in [0.2, 0.25) is 0 Å². The second kappa shape index (κ2) is 6.04. The largest absolute Gasteiger partial charge is 0.300 e. The third kappa shape index (κ3) is 3.05. The van der Waals surface area contributed by atoms with E-state index in [1.54, 1.807) is 0 Å². The molecule has 0 spiro atoms. The molecule has 0 aromatic carbocycles. The van der Waals surface area contributed by atoms with E-state index in [1.165, 1.54) is 45.2 Å². The second-order valence-electron chi connectivity index (χ2n) is 6.02. The lowest BCUT2D eigenvalue weighted by atomic mass is 9.90. The number of rotatable bonds is 6. The van der Waals surface area contributed by atoms with Crippen LogP contribution in [0.15, 0.2) is 0 Å². The SMILES string of the molecule is CCNC(C#N)(CN1CCC(CC)CC1)C1CC1. The van der Waals surface area contributed by atoms with Crippen LogP contribution in [0, 0.1) is 23.2 Å². The topological polar surface area (TPSA) is 39.1 Å². The Hall–Kier alpha value is -0.590. The van der Waals surface area contributed by atoms with Crippen molar-refractivity contribution in [3.05, 3.63) is 0 Å². The zero-order valence-corrected chi connectivity index (χ0v) is 11.9. The summed E-state index contributed by atoms with van der Waals surface area (Å²) in [7, 11) is 0. The lowest BCUT2D eigenvalue weighted by molar-refractivity contribution is 0.141. The first-order valence-corrected chi connectivity index (χ1v) is 7.62. The average Bonchev–Trinajstić information content (AvgIpc) is 3.24. The minimum Gasteiger partial charge on any atom is -0.300 e. The molecule has 1 heterocycles. The van der Waals surface area contributed by atoms with Gasteiger partial charge < -0.3 is 4.90 Å². The summed E-state index contributed by atoms with van der Waals surface area (Å²) in [5, 5.41) is 13.1. The molecule has 1 atom stereocenters. The number of nitriles is 1. The van der Waals surface area contributed by atoms with E-state index < -0.39 is 0 Å². The van der Waals surface area contributed by atoms with Crippen molar-refractivity contribution in [2.75, 3.05) is 26.2 Å². The van der Waals surface area contributed by atoms with Crippen LogP contribution in [-0.2, 0) is 0 Å². The summed E-state index contributed by atoms with van der Waals surface area (Å²) < 4.78 is 0. The maximum Gasteiger partial charge on any atom is 0.122 e. The molecular weight excluding hydrogens is 222 g/mol. The number of hydrogen-bond acceptors (Lipinski definition) is 3. The van der Waals surface area contributed by atoms with Gasteiger partial charge in [0.1, 0.15) is 5.54 Å². The maximum atomic E-state index is 9.61. The smallest absolute Gasteiger partial charge is 0.122 e. The van der Waals surface area contributed by atoms with Gasteiger partial charge in [-0.1, -0.05) is 20.3 Å². The molecule has 0 aromatic heterocycles. The molecule has 18 heavy (non-hydrogen) atoms. The lowest BCUT2D eigenvalue weighted by Crippen LogP contribution is -2.55. The Bertz CT molecular complexity index is 297. The monoisotopic (exact) mass is 249 g/mol.